The Hall–Kier alpha value is -1.29. The van der Waals surface area contributed by atoms with Gasteiger partial charge in [0, 0.05) is 24.8 Å². The summed E-state index contributed by atoms with van der Waals surface area (Å²) in [5, 5.41) is 3.55. The van der Waals surface area contributed by atoms with Gasteiger partial charge in [-0.3, -0.25) is 0 Å². The molecule has 4 heteroatoms. The predicted octanol–water partition coefficient (Wildman–Crippen LogP) is 2.13. The maximum absolute atomic E-state index is 5.34. The van der Waals surface area contributed by atoms with E-state index in [4.69, 9.17) is 4.74 Å². The van der Waals surface area contributed by atoms with Crippen LogP contribution in [0.3, 0.4) is 0 Å². The second-order valence-electron chi connectivity index (χ2n) is 5.25. The van der Waals surface area contributed by atoms with Gasteiger partial charge >= 0.3 is 0 Å². The molecule has 2 aliphatic rings. The molecule has 2 atom stereocenters. The molecule has 4 nitrogen and oxygen atoms in total. The van der Waals surface area contributed by atoms with E-state index in [0.717, 1.165) is 17.6 Å². The molecule has 1 aromatic rings. The lowest BCUT2D eigenvalue weighted by Crippen LogP contribution is -2.42. The van der Waals surface area contributed by atoms with Gasteiger partial charge in [0.2, 0.25) is 0 Å². The minimum Gasteiger partial charge on any atom is -0.493 e. The molecule has 1 N–H and O–H groups in total. The van der Waals surface area contributed by atoms with Gasteiger partial charge in [-0.05, 0) is 44.4 Å². The van der Waals surface area contributed by atoms with Crippen LogP contribution in [0.1, 0.15) is 25.7 Å². The number of rotatable bonds is 3. The normalized spacial score (nSPS) is 27.8. The van der Waals surface area contributed by atoms with Crippen LogP contribution in [0.25, 0.3) is 0 Å². The lowest BCUT2D eigenvalue weighted by molar-refractivity contribution is 0.188. The van der Waals surface area contributed by atoms with E-state index in [0.29, 0.717) is 6.04 Å². The molecular weight excluding hydrogens is 226 g/mol. The van der Waals surface area contributed by atoms with Gasteiger partial charge < -0.3 is 15.0 Å². The van der Waals surface area contributed by atoms with Crippen molar-refractivity contribution >= 4 is 5.82 Å². The summed E-state index contributed by atoms with van der Waals surface area (Å²) < 4.78 is 5.34. The van der Waals surface area contributed by atoms with Crippen molar-refractivity contribution in [1.29, 1.82) is 0 Å². The molecule has 0 spiro atoms. The molecule has 2 unspecified atom stereocenters. The van der Waals surface area contributed by atoms with Crippen LogP contribution in [0, 0.1) is 0 Å². The zero-order chi connectivity index (χ0) is 12.4. The number of piperidine rings is 1. The molecule has 1 aromatic heterocycles. The van der Waals surface area contributed by atoms with E-state index in [2.05, 4.69) is 15.2 Å². The van der Waals surface area contributed by atoms with Crippen molar-refractivity contribution in [3.63, 3.8) is 0 Å². The van der Waals surface area contributed by atoms with Crippen LogP contribution in [0.2, 0.25) is 0 Å². The highest BCUT2D eigenvalue weighted by molar-refractivity contribution is 5.50. The average Bonchev–Trinajstić information content (AvgIpc) is 2.87. The summed E-state index contributed by atoms with van der Waals surface area (Å²) in [6.07, 6.45) is 6.98. The molecule has 2 fully saturated rings. The zero-order valence-corrected chi connectivity index (χ0v) is 10.9. The Kier molecular flexibility index (Phi) is 3.37. The van der Waals surface area contributed by atoms with Gasteiger partial charge in [0.15, 0.2) is 11.6 Å². The Bertz CT molecular complexity index is 410. The Morgan fingerprint density at radius 2 is 2.33 bits per heavy atom. The van der Waals surface area contributed by atoms with Gasteiger partial charge in [-0.1, -0.05) is 0 Å². The fourth-order valence-corrected chi connectivity index (χ4v) is 3.21. The van der Waals surface area contributed by atoms with Crippen LogP contribution in [0.5, 0.6) is 5.75 Å². The highest BCUT2D eigenvalue weighted by atomic mass is 16.5. The van der Waals surface area contributed by atoms with Crippen molar-refractivity contribution in [2.24, 2.45) is 0 Å². The van der Waals surface area contributed by atoms with Gasteiger partial charge in [-0.2, -0.15) is 0 Å². The number of hydrogen-bond acceptors (Lipinski definition) is 4. The van der Waals surface area contributed by atoms with Crippen LogP contribution >= 0.6 is 0 Å². The number of fused-ring (bicyclic) bond motifs is 1. The van der Waals surface area contributed by atoms with Crippen LogP contribution in [0.4, 0.5) is 5.82 Å². The monoisotopic (exact) mass is 247 g/mol. The van der Waals surface area contributed by atoms with Gasteiger partial charge in [0.25, 0.3) is 0 Å². The lowest BCUT2D eigenvalue weighted by atomic mass is 9.97. The fourth-order valence-electron chi connectivity index (χ4n) is 3.21. The van der Waals surface area contributed by atoms with Gasteiger partial charge in [0.1, 0.15) is 0 Å². The zero-order valence-electron chi connectivity index (χ0n) is 10.9. The Morgan fingerprint density at radius 1 is 1.39 bits per heavy atom. The van der Waals surface area contributed by atoms with E-state index >= 15 is 0 Å². The molecule has 3 rings (SSSR count). The van der Waals surface area contributed by atoms with Crippen LogP contribution in [-0.2, 0) is 0 Å². The summed E-state index contributed by atoms with van der Waals surface area (Å²) >= 11 is 0. The van der Waals surface area contributed by atoms with Crippen molar-refractivity contribution in [2.75, 3.05) is 25.5 Å². The molecule has 2 saturated heterocycles. The van der Waals surface area contributed by atoms with E-state index in [1.54, 1.807) is 7.11 Å². The molecule has 98 valence electrons. The van der Waals surface area contributed by atoms with Crippen molar-refractivity contribution in [2.45, 2.75) is 37.8 Å². The molecular formula is C14H21N3O. The summed E-state index contributed by atoms with van der Waals surface area (Å²) in [4.78, 5) is 7.01. The maximum Gasteiger partial charge on any atom is 0.168 e. The molecule has 3 heterocycles. The first-order valence-electron chi connectivity index (χ1n) is 6.86. The fraction of sp³-hybridized carbons (Fsp3) is 0.643. The molecule has 0 radical (unpaired) electrons. The minimum atomic E-state index is 0.535. The van der Waals surface area contributed by atoms with E-state index < -0.39 is 0 Å². The van der Waals surface area contributed by atoms with Crippen molar-refractivity contribution in [3.8, 4) is 5.75 Å². The maximum atomic E-state index is 5.34. The standard InChI is InChI=1S/C14H21N3O/c1-18-13-5-2-7-15-14(13)16-11-6-9-17-8-3-4-12(17)10-11/h2,5,7,11-12H,3-4,6,8-10H2,1H3,(H,15,16). The third kappa shape index (κ3) is 2.29. The molecule has 0 amide bonds. The van der Waals surface area contributed by atoms with E-state index in [9.17, 15) is 0 Å². The number of ether oxygens (including phenoxy) is 1. The van der Waals surface area contributed by atoms with Crippen LogP contribution < -0.4 is 10.1 Å². The number of methoxy groups -OCH3 is 1. The summed E-state index contributed by atoms with van der Waals surface area (Å²) in [5.74, 6) is 1.72. The molecule has 0 bridgehead atoms. The van der Waals surface area contributed by atoms with E-state index in [1.165, 1.54) is 38.8 Å². The molecule has 0 aromatic carbocycles. The van der Waals surface area contributed by atoms with Crippen LogP contribution in [-0.4, -0.2) is 42.2 Å². The van der Waals surface area contributed by atoms with Crippen molar-refractivity contribution < 1.29 is 4.74 Å². The second-order valence-corrected chi connectivity index (χ2v) is 5.25. The van der Waals surface area contributed by atoms with Crippen molar-refractivity contribution in [3.05, 3.63) is 18.3 Å². The Morgan fingerprint density at radius 3 is 3.22 bits per heavy atom. The first-order valence-corrected chi connectivity index (χ1v) is 6.86. The first kappa shape index (κ1) is 11.8. The van der Waals surface area contributed by atoms with Gasteiger partial charge in [-0.25, -0.2) is 4.98 Å². The second kappa shape index (κ2) is 5.14. The number of anilines is 1. The number of nitrogens with zero attached hydrogens (tertiary/aromatic N) is 2. The summed E-state index contributed by atoms with van der Waals surface area (Å²) in [6.45, 7) is 2.52. The highest BCUT2D eigenvalue weighted by Crippen LogP contribution is 2.30. The van der Waals surface area contributed by atoms with Gasteiger partial charge in [0.05, 0.1) is 7.11 Å². The number of aromatic nitrogens is 1. The smallest absolute Gasteiger partial charge is 0.168 e. The SMILES string of the molecule is COc1cccnc1NC1CCN2CCCC2C1. The van der Waals surface area contributed by atoms with Crippen molar-refractivity contribution in [1.82, 2.24) is 9.88 Å². The molecule has 0 saturated carbocycles. The predicted molar refractivity (Wildman–Crippen MR) is 72.0 cm³/mol. The van der Waals surface area contributed by atoms with E-state index in [-0.39, 0.29) is 0 Å². The van der Waals surface area contributed by atoms with E-state index in [1.807, 2.05) is 18.3 Å². The van der Waals surface area contributed by atoms with Crippen LogP contribution in [0.15, 0.2) is 18.3 Å². The van der Waals surface area contributed by atoms with Gasteiger partial charge in [-0.15, -0.1) is 0 Å². The largest absolute Gasteiger partial charge is 0.493 e. The number of hydrogen-bond donors (Lipinski definition) is 1. The lowest BCUT2D eigenvalue weighted by Gasteiger charge is -2.35. The quantitative estimate of drug-likeness (QED) is 0.888. The molecule has 18 heavy (non-hydrogen) atoms. The minimum absolute atomic E-state index is 0.535. The summed E-state index contributed by atoms with van der Waals surface area (Å²) in [6, 6.07) is 5.18. The summed E-state index contributed by atoms with van der Waals surface area (Å²) in [7, 11) is 1.70. The molecule has 2 aliphatic heterocycles. The topological polar surface area (TPSA) is 37.4 Å². The highest BCUT2D eigenvalue weighted by Gasteiger charge is 2.31. The average molecular weight is 247 g/mol. The first-order chi connectivity index (χ1) is 8.86. The Balaban J connectivity index is 1.66. The number of pyridine rings is 1. The number of nitrogens with one attached hydrogen (secondary N) is 1. The third-order valence-corrected chi connectivity index (χ3v) is 4.15. The molecule has 0 aliphatic carbocycles. The third-order valence-electron chi connectivity index (χ3n) is 4.15. The Labute approximate surface area is 108 Å². The summed E-state index contributed by atoms with van der Waals surface area (Å²) in [5.41, 5.74) is 0.